The minimum Gasteiger partial charge on any atom is -0.501 e. The number of allylic oxidation sites excluding steroid dienone is 1. The molecular formula is C12H20N2O. The highest BCUT2D eigenvalue weighted by Gasteiger charge is 1.95. The van der Waals surface area contributed by atoms with Gasteiger partial charge in [0.15, 0.2) is 0 Å². The van der Waals surface area contributed by atoms with Gasteiger partial charge in [-0.2, -0.15) is 5.10 Å². The largest absolute Gasteiger partial charge is 0.501 e. The maximum absolute atomic E-state index is 5.36. The van der Waals surface area contributed by atoms with Crippen LogP contribution >= 0.6 is 0 Å². The maximum Gasteiger partial charge on any atom is 0.0873 e. The Kier molecular flexibility index (Phi) is 4.95. The first kappa shape index (κ1) is 11.8. The molecule has 0 aliphatic carbocycles. The molecule has 1 aromatic heterocycles. The molecule has 0 N–H and O–H groups in total. The van der Waals surface area contributed by atoms with E-state index >= 15 is 0 Å². The molecule has 0 unspecified atom stereocenters. The summed E-state index contributed by atoms with van der Waals surface area (Å²) in [5, 5.41) is 4.13. The average Bonchev–Trinajstić information content (AvgIpc) is 2.57. The third-order valence-electron chi connectivity index (χ3n) is 2.06. The molecule has 1 aromatic rings. The van der Waals surface area contributed by atoms with Crippen molar-refractivity contribution in [2.75, 3.05) is 6.61 Å². The van der Waals surface area contributed by atoms with Crippen molar-refractivity contribution in [3.63, 3.8) is 0 Å². The summed E-state index contributed by atoms with van der Waals surface area (Å²) in [5.74, 6) is 0. The molecule has 0 aliphatic rings. The van der Waals surface area contributed by atoms with Gasteiger partial charge in [0.05, 0.1) is 19.1 Å². The van der Waals surface area contributed by atoms with Crippen molar-refractivity contribution in [3.05, 3.63) is 29.8 Å². The predicted molar refractivity (Wildman–Crippen MR) is 61.5 cm³/mol. The molecule has 0 aromatic carbocycles. The Morgan fingerprint density at radius 3 is 2.87 bits per heavy atom. The molecular weight excluding hydrogens is 188 g/mol. The Morgan fingerprint density at radius 2 is 2.27 bits per heavy atom. The topological polar surface area (TPSA) is 27.1 Å². The predicted octanol–water partition coefficient (Wildman–Crippen LogP) is 2.68. The fraction of sp³-hybridized carbons (Fsp3) is 0.583. The first-order valence-electron chi connectivity index (χ1n) is 5.41. The summed E-state index contributed by atoms with van der Waals surface area (Å²) in [5.41, 5.74) is 2.52. The van der Waals surface area contributed by atoms with Crippen LogP contribution in [0, 0.1) is 0 Å². The number of hydrogen-bond donors (Lipinski definition) is 0. The van der Waals surface area contributed by atoms with Crippen molar-refractivity contribution in [1.29, 1.82) is 0 Å². The first-order valence-corrected chi connectivity index (χ1v) is 5.41. The molecule has 0 saturated carbocycles. The molecule has 0 spiro atoms. The van der Waals surface area contributed by atoms with E-state index in [0.717, 1.165) is 25.9 Å². The standard InChI is InChI=1S/C12H20N2O/c1-11(2)10-15-7-5-4-6-12-8-13-14(3)9-12/h8-10H,4-7H2,1-3H3. The Balaban J connectivity index is 2.05. The fourth-order valence-corrected chi connectivity index (χ4v) is 1.34. The third-order valence-corrected chi connectivity index (χ3v) is 2.06. The van der Waals surface area contributed by atoms with Gasteiger partial charge in [0.2, 0.25) is 0 Å². The van der Waals surface area contributed by atoms with Gasteiger partial charge in [0.25, 0.3) is 0 Å². The van der Waals surface area contributed by atoms with Crippen LogP contribution in [0.15, 0.2) is 24.2 Å². The molecule has 0 amide bonds. The van der Waals surface area contributed by atoms with Crippen molar-refractivity contribution in [1.82, 2.24) is 9.78 Å². The second-order valence-corrected chi connectivity index (χ2v) is 4.05. The second kappa shape index (κ2) is 6.27. The van der Waals surface area contributed by atoms with Crippen LogP contribution in [0.4, 0.5) is 0 Å². The van der Waals surface area contributed by atoms with E-state index in [1.165, 1.54) is 11.1 Å². The van der Waals surface area contributed by atoms with Crippen molar-refractivity contribution in [3.8, 4) is 0 Å². The van der Waals surface area contributed by atoms with Gasteiger partial charge in [-0.05, 0) is 44.2 Å². The molecule has 15 heavy (non-hydrogen) atoms. The minimum atomic E-state index is 0.811. The number of hydrogen-bond acceptors (Lipinski definition) is 2. The van der Waals surface area contributed by atoms with Gasteiger partial charge in [-0.15, -0.1) is 0 Å². The lowest BCUT2D eigenvalue weighted by Gasteiger charge is -2.00. The van der Waals surface area contributed by atoms with Crippen molar-refractivity contribution in [2.24, 2.45) is 7.05 Å². The van der Waals surface area contributed by atoms with E-state index in [2.05, 4.69) is 11.3 Å². The van der Waals surface area contributed by atoms with Crippen molar-refractivity contribution < 1.29 is 4.74 Å². The lowest BCUT2D eigenvalue weighted by Crippen LogP contribution is -1.91. The number of aryl methyl sites for hydroxylation is 2. The van der Waals surface area contributed by atoms with Crippen LogP contribution < -0.4 is 0 Å². The summed E-state index contributed by atoms with van der Waals surface area (Å²) in [6, 6.07) is 0. The highest BCUT2D eigenvalue weighted by Crippen LogP contribution is 2.03. The number of unbranched alkanes of at least 4 members (excludes halogenated alkanes) is 1. The Labute approximate surface area is 91.7 Å². The van der Waals surface area contributed by atoms with Crippen molar-refractivity contribution in [2.45, 2.75) is 33.1 Å². The van der Waals surface area contributed by atoms with E-state index < -0.39 is 0 Å². The zero-order valence-electron chi connectivity index (χ0n) is 9.86. The van der Waals surface area contributed by atoms with E-state index in [1.54, 1.807) is 0 Å². The van der Waals surface area contributed by atoms with Crippen LogP contribution in [0.25, 0.3) is 0 Å². The van der Waals surface area contributed by atoms with Gasteiger partial charge < -0.3 is 4.74 Å². The molecule has 0 saturated heterocycles. The molecule has 0 fully saturated rings. The number of aromatic nitrogens is 2. The summed E-state index contributed by atoms with van der Waals surface area (Å²) >= 11 is 0. The molecule has 3 nitrogen and oxygen atoms in total. The first-order chi connectivity index (χ1) is 7.18. The van der Waals surface area contributed by atoms with Crippen LogP contribution in [0.3, 0.4) is 0 Å². The smallest absolute Gasteiger partial charge is 0.0873 e. The molecule has 84 valence electrons. The Morgan fingerprint density at radius 1 is 1.47 bits per heavy atom. The lowest BCUT2D eigenvalue weighted by molar-refractivity contribution is 0.239. The molecule has 0 atom stereocenters. The van der Waals surface area contributed by atoms with Crippen molar-refractivity contribution >= 4 is 0 Å². The Hall–Kier alpha value is -1.25. The number of ether oxygens (including phenoxy) is 1. The summed E-state index contributed by atoms with van der Waals surface area (Å²) in [6.07, 6.45) is 9.16. The second-order valence-electron chi connectivity index (χ2n) is 4.05. The Bertz CT molecular complexity index is 311. The maximum atomic E-state index is 5.36. The minimum absolute atomic E-state index is 0.811. The third kappa shape index (κ3) is 5.25. The van der Waals surface area contributed by atoms with Crippen LogP contribution in [-0.2, 0) is 18.2 Å². The molecule has 1 heterocycles. The van der Waals surface area contributed by atoms with Gasteiger partial charge in [-0.1, -0.05) is 0 Å². The quantitative estimate of drug-likeness (QED) is 0.531. The van der Waals surface area contributed by atoms with Gasteiger partial charge in [-0.3, -0.25) is 4.68 Å². The number of nitrogens with zero attached hydrogens (tertiary/aromatic N) is 2. The zero-order chi connectivity index (χ0) is 11.1. The number of rotatable bonds is 6. The highest BCUT2D eigenvalue weighted by atomic mass is 16.5. The van der Waals surface area contributed by atoms with Gasteiger partial charge in [0.1, 0.15) is 0 Å². The van der Waals surface area contributed by atoms with Gasteiger partial charge in [0, 0.05) is 13.2 Å². The average molecular weight is 208 g/mol. The monoisotopic (exact) mass is 208 g/mol. The van der Waals surface area contributed by atoms with E-state index in [1.807, 2.05) is 38.0 Å². The summed E-state index contributed by atoms with van der Waals surface area (Å²) < 4.78 is 7.20. The molecule has 1 rings (SSSR count). The van der Waals surface area contributed by atoms with Gasteiger partial charge in [-0.25, -0.2) is 0 Å². The van der Waals surface area contributed by atoms with E-state index in [0.29, 0.717) is 0 Å². The van der Waals surface area contributed by atoms with Gasteiger partial charge >= 0.3 is 0 Å². The van der Waals surface area contributed by atoms with E-state index in [-0.39, 0.29) is 0 Å². The summed E-state index contributed by atoms with van der Waals surface area (Å²) in [4.78, 5) is 0. The van der Waals surface area contributed by atoms with Crippen LogP contribution in [0.5, 0.6) is 0 Å². The molecule has 3 heteroatoms. The zero-order valence-corrected chi connectivity index (χ0v) is 9.86. The normalized spacial score (nSPS) is 10.1. The summed E-state index contributed by atoms with van der Waals surface area (Å²) in [6.45, 7) is 4.89. The lowest BCUT2D eigenvalue weighted by atomic mass is 10.2. The van der Waals surface area contributed by atoms with E-state index in [9.17, 15) is 0 Å². The van der Waals surface area contributed by atoms with Crippen LogP contribution in [0.1, 0.15) is 32.3 Å². The summed E-state index contributed by atoms with van der Waals surface area (Å²) in [7, 11) is 1.95. The SMILES string of the molecule is CC(C)=COCCCCc1cnn(C)c1. The fourth-order valence-electron chi connectivity index (χ4n) is 1.34. The van der Waals surface area contributed by atoms with Crippen LogP contribution in [0.2, 0.25) is 0 Å². The highest BCUT2D eigenvalue weighted by molar-refractivity contribution is 5.03. The molecule has 0 radical (unpaired) electrons. The van der Waals surface area contributed by atoms with E-state index in [4.69, 9.17) is 4.74 Å². The molecule has 0 bridgehead atoms. The molecule has 0 aliphatic heterocycles. The van der Waals surface area contributed by atoms with Crippen LogP contribution in [-0.4, -0.2) is 16.4 Å².